The number of rotatable bonds is 3. The second-order valence-electron chi connectivity index (χ2n) is 5.47. The average molecular weight is 302 g/mol. The van der Waals surface area contributed by atoms with Crippen molar-refractivity contribution in [2.45, 2.75) is 18.3 Å². The molecule has 2 unspecified atom stereocenters. The van der Waals surface area contributed by atoms with E-state index in [1.165, 1.54) is 5.56 Å². The molecule has 0 radical (unpaired) electrons. The molecular formula is C18H20ClNO. The van der Waals surface area contributed by atoms with Gasteiger partial charge in [0.25, 0.3) is 0 Å². The van der Waals surface area contributed by atoms with Crippen LogP contribution in [-0.4, -0.2) is 20.2 Å². The van der Waals surface area contributed by atoms with Crippen molar-refractivity contribution in [3.8, 4) is 5.75 Å². The third-order valence-electron chi connectivity index (χ3n) is 4.31. The molecule has 0 aromatic heterocycles. The smallest absolute Gasteiger partial charge is 0.123 e. The number of methoxy groups -OCH3 is 1. The van der Waals surface area contributed by atoms with Crippen LogP contribution in [0.3, 0.4) is 0 Å². The topological polar surface area (TPSA) is 21.3 Å². The summed E-state index contributed by atoms with van der Waals surface area (Å²) in [6.07, 6.45) is 1.07. The Bertz CT molecular complexity index is 599. The minimum atomic E-state index is 0.386. The van der Waals surface area contributed by atoms with Crippen LogP contribution in [0, 0.1) is 0 Å². The number of halogens is 1. The predicted octanol–water partition coefficient (Wildman–Crippen LogP) is 4.21. The molecule has 1 saturated heterocycles. The monoisotopic (exact) mass is 301 g/mol. The van der Waals surface area contributed by atoms with Crippen LogP contribution >= 0.6 is 11.6 Å². The first-order valence-electron chi connectivity index (χ1n) is 7.39. The molecule has 2 nitrogen and oxygen atoms in total. The summed E-state index contributed by atoms with van der Waals surface area (Å²) in [6.45, 7) is 1.99. The summed E-state index contributed by atoms with van der Waals surface area (Å²) in [5.41, 5.74) is 2.51. The summed E-state index contributed by atoms with van der Waals surface area (Å²) >= 11 is 6.49. The molecule has 0 amide bonds. The van der Waals surface area contributed by atoms with Crippen molar-refractivity contribution < 1.29 is 4.74 Å². The first kappa shape index (κ1) is 14.4. The largest absolute Gasteiger partial charge is 0.496 e. The van der Waals surface area contributed by atoms with Gasteiger partial charge in [0.1, 0.15) is 5.75 Å². The molecule has 2 aromatic rings. The molecule has 1 N–H and O–H groups in total. The van der Waals surface area contributed by atoms with Gasteiger partial charge in [0.15, 0.2) is 0 Å². The Hall–Kier alpha value is -1.51. The van der Waals surface area contributed by atoms with Gasteiger partial charge in [-0.1, -0.05) is 48.0 Å². The molecule has 0 saturated carbocycles. The van der Waals surface area contributed by atoms with E-state index in [1.807, 2.05) is 18.2 Å². The number of nitrogens with one attached hydrogen (secondary N) is 1. The van der Waals surface area contributed by atoms with Crippen LogP contribution in [0.1, 0.15) is 29.4 Å². The van der Waals surface area contributed by atoms with Gasteiger partial charge >= 0.3 is 0 Å². The highest BCUT2D eigenvalue weighted by atomic mass is 35.5. The molecule has 1 aliphatic rings. The van der Waals surface area contributed by atoms with E-state index in [0.29, 0.717) is 11.8 Å². The van der Waals surface area contributed by atoms with Crippen molar-refractivity contribution in [2.24, 2.45) is 0 Å². The fraction of sp³-hybridized carbons (Fsp3) is 0.333. The minimum Gasteiger partial charge on any atom is -0.496 e. The zero-order valence-corrected chi connectivity index (χ0v) is 12.9. The van der Waals surface area contributed by atoms with E-state index >= 15 is 0 Å². The lowest BCUT2D eigenvalue weighted by atomic mass is 9.77. The Balaban J connectivity index is 2.03. The average Bonchev–Trinajstić information content (AvgIpc) is 2.55. The molecular weight excluding hydrogens is 282 g/mol. The van der Waals surface area contributed by atoms with Crippen molar-refractivity contribution in [2.75, 3.05) is 20.2 Å². The molecule has 3 heteroatoms. The van der Waals surface area contributed by atoms with Crippen LogP contribution in [-0.2, 0) is 0 Å². The van der Waals surface area contributed by atoms with Gasteiger partial charge in [0.2, 0.25) is 0 Å². The molecule has 2 atom stereocenters. The SMILES string of the molecule is COc1cccc(Cl)c1C1CCNCC1c1ccccc1. The van der Waals surface area contributed by atoms with Gasteiger partial charge in [-0.15, -0.1) is 0 Å². The van der Waals surface area contributed by atoms with Crippen LogP contribution < -0.4 is 10.1 Å². The lowest BCUT2D eigenvalue weighted by molar-refractivity contribution is 0.371. The zero-order chi connectivity index (χ0) is 14.7. The lowest BCUT2D eigenvalue weighted by Gasteiger charge is -2.34. The van der Waals surface area contributed by atoms with Gasteiger partial charge in [-0.3, -0.25) is 0 Å². The molecule has 21 heavy (non-hydrogen) atoms. The van der Waals surface area contributed by atoms with Crippen LogP contribution in [0.4, 0.5) is 0 Å². The second-order valence-corrected chi connectivity index (χ2v) is 5.88. The van der Waals surface area contributed by atoms with Crippen molar-refractivity contribution >= 4 is 11.6 Å². The third-order valence-corrected chi connectivity index (χ3v) is 4.64. The van der Waals surface area contributed by atoms with E-state index in [2.05, 4.69) is 35.6 Å². The van der Waals surface area contributed by atoms with E-state index in [1.54, 1.807) is 7.11 Å². The minimum absolute atomic E-state index is 0.386. The normalized spacial score (nSPS) is 22.0. The first-order valence-corrected chi connectivity index (χ1v) is 7.77. The molecule has 1 aliphatic heterocycles. The number of benzene rings is 2. The number of ether oxygens (including phenoxy) is 1. The molecule has 1 heterocycles. The van der Waals surface area contributed by atoms with Gasteiger partial charge in [0, 0.05) is 23.0 Å². The predicted molar refractivity (Wildman–Crippen MR) is 87.4 cm³/mol. The zero-order valence-electron chi connectivity index (χ0n) is 12.2. The first-order chi connectivity index (χ1) is 10.3. The van der Waals surface area contributed by atoms with E-state index < -0.39 is 0 Å². The lowest BCUT2D eigenvalue weighted by Crippen LogP contribution is -2.34. The summed E-state index contributed by atoms with van der Waals surface area (Å²) < 4.78 is 5.56. The molecule has 0 spiro atoms. The summed E-state index contributed by atoms with van der Waals surface area (Å²) in [6, 6.07) is 16.6. The van der Waals surface area contributed by atoms with Gasteiger partial charge in [-0.25, -0.2) is 0 Å². The highest BCUT2D eigenvalue weighted by Gasteiger charge is 2.31. The van der Waals surface area contributed by atoms with Gasteiger partial charge in [-0.05, 0) is 36.6 Å². The summed E-state index contributed by atoms with van der Waals surface area (Å²) in [4.78, 5) is 0. The van der Waals surface area contributed by atoms with Crippen LogP contribution in [0.25, 0.3) is 0 Å². The van der Waals surface area contributed by atoms with Crippen molar-refractivity contribution in [1.82, 2.24) is 5.32 Å². The Morgan fingerprint density at radius 3 is 2.62 bits per heavy atom. The van der Waals surface area contributed by atoms with Crippen molar-refractivity contribution in [3.63, 3.8) is 0 Å². The fourth-order valence-corrected chi connectivity index (χ4v) is 3.62. The molecule has 110 valence electrons. The van der Waals surface area contributed by atoms with Gasteiger partial charge < -0.3 is 10.1 Å². The van der Waals surface area contributed by atoms with Gasteiger partial charge in [0.05, 0.1) is 7.11 Å². The van der Waals surface area contributed by atoms with E-state index in [9.17, 15) is 0 Å². The van der Waals surface area contributed by atoms with Crippen molar-refractivity contribution in [3.05, 3.63) is 64.7 Å². The van der Waals surface area contributed by atoms with E-state index in [0.717, 1.165) is 35.8 Å². The summed E-state index contributed by atoms with van der Waals surface area (Å²) in [5.74, 6) is 1.71. The highest BCUT2D eigenvalue weighted by Crippen LogP contribution is 2.44. The molecule has 0 aliphatic carbocycles. The summed E-state index contributed by atoms with van der Waals surface area (Å²) in [7, 11) is 1.72. The fourth-order valence-electron chi connectivity index (χ4n) is 3.31. The maximum absolute atomic E-state index is 6.49. The van der Waals surface area contributed by atoms with Crippen LogP contribution in [0.15, 0.2) is 48.5 Å². The van der Waals surface area contributed by atoms with Gasteiger partial charge in [-0.2, -0.15) is 0 Å². The van der Waals surface area contributed by atoms with Crippen LogP contribution in [0.2, 0.25) is 5.02 Å². The number of piperidine rings is 1. The van der Waals surface area contributed by atoms with Crippen LogP contribution in [0.5, 0.6) is 5.75 Å². The second kappa shape index (κ2) is 6.50. The molecule has 3 rings (SSSR count). The van der Waals surface area contributed by atoms with E-state index in [4.69, 9.17) is 16.3 Å². The molecule has 1 fully saturated rings. The third kappa shape index (κ3) is 2.92. The Kier molecular flexibility index (Phi) is 4.47. The quantitative estimate of drug-likeness (QED) is 0.917. The maximum Gasteiger partial charge on any atom is 0.123 e. The van der Waals surface area contributed by atoms with Crippen molar-refractivity contribution in [1.29, 1.82) is 0 Å². The number of hydrogen-bond acceptors (Lipinski definition) is 2. The highest BCUT2D eigenvalue weighted by molar-refractivity contribution is 6.31. The number of hydrogen-bond donors (Lipinski definition) is 1. The molecule has 0 bridgehead atoms. The summed E-state index contributed by atoms with van der Waals surface area (Å²) in [5, 5.41) is 4.31. The maximum atomic E-state index is 6.49. The van der Waals surface area contributed by atoms with E-state index in [-0.39, 0.29) is 0 Å². The standard InChI is InChI=1S/C18H20ClNO/c1-21-17-9-5-8-16(19)18(17)14-10-11-20-12-15(14)13-6-3-2-4-7-13/h2-9,14-15,20H,10-12H2,1H3. The Morgan fingerprint density at radius 2 is 1.86 bits per heavy atom. The Labute approximate surface area is 131 Å². The molecule has 2 aromatic carbocycles. The Morgan fingerprint density at radius 1 is 1.05 bits per heavy atom.